The Morgan fingerprint density at radius 1 is 1.23 bits per heavy atom. The molecule has 142 valence electrons. The van der Waals surface area contributed by atoms with Gasteiger partial charge in [-0.1, -0.05) is 48.0 Å². The summed E-state index contributed by atoms with van der Waals surface area (Å²) >= 11 is 4.56. The molecule has 1 amide bonds. The normalized spacial score (nSPS) is 13.0. The molecular weight excluding hydrogens is 440 g/mol. The Balaban J connectivity index is 2.14. The van der Waals surface area contributed by atoms with E-state index in [4.69, 9.17) is 0 Å². The SMILES string of the molecule is CCCc1nnc(NC(=O)[C@@H](NS(=O)(=O)c2ccc(Br)cc2)C(C)C)s1. The molecule has 0 aliphatic rings. The zero-order valence-electron chi connectivity index (χ0n) is 14.7. The molecule has 2 aromatic rings. The molecule has 1 aromatic carbocycles. The van der Waals surface area contributed by atoms with E-state index in [1.165, 1.54) is 23.5 Å². The van der Waals surface area contributed by atoms with Gasteiger partial charge < -0.3 is 0 Å². The van der Waals surface area contributed by atoms with Crippen molar-refractivity contribution in [3.05, 3.63) is 33.7 Å². The van der Waals surface area contributed by atoms with Crippen LogP contribution in [-0.2, 0) is 21.2 Å². The number of benzene rings is 1. The molecule has 0 radical (unpaired) electrons. The van der Waals surface area contributed by atoms with Crippen molar-refractivity contribution >= 4 is 48.3 Å². The van der Waals surface area contributed by atoms with Crippen molar-refractivity contribution < 1.29 is 13.2 Å². The first-order chi connectivity index (χ1) is 12.2. The molecule has 10 heteroatoms. The highest BCUT2D eigenvalue weighted by Crippen LogP contribution is 2.19. The maximum absolute atomic E-state index is 12.6. The number of nitrogens with one attached hydrogen (secondary N) is 2. The maximum atomic E-state index is 12.6. The van der Waals surface area contributed by atoms with Crippen LogP contribution in [-0.4, -0.2) is 30.6 Å². The van der Waals surface area contributed by atoms with E-state index in [0.29, 0.717) is 5.13 Å². The Morgan fingerprint density at radius 2 is 1.88 bits per heavy atom. The number of hydrogen-bond donors (Lipinski definition) is 2. The summed E-state index contributed by atoms with van der Waals surface area (Å²) in [7, 11) is -3.83. The summed E-state index contributed by atoms with van der Waals surface area (Å²) in [5.41, 5.74) is 0. The lowest BCUT2D eigenvalue weighted by Gasteiger charge is -2.21. The number of rotatable bonds is 8. The third kappa shape index (κ3) is 5.57. The van der Waals surface area contributed by atoms with Crippen molar-refractivity contribution in [3.63, 3.8) is 0 Å². The molecule has 0 saturated carbocycles. The highest BCUT2D eigenvalue weighted by molar-refractivity contribution is 9.10. The van der Waals surface area contributed by atoms with Gasteiger partial charge in [0.05, 0.1) is 4.90 Å². The van der Waals surface area contributed by atoms with Gasteiger partial charge in [0.2, 0.25) is 21.1 Å². The number of aromatic nitrogens is 2. The molecule has 0 fully saturated rings. The number of aryl methyl sites for hydroxylation is 1. The summed E-state index contributed by atoms with van der Waals surface area (Å²) < 4.78 is 28.4. The van der Waals surface area contributed by atoms with Crippen molar-refractivity contribution in [2.45, 2.75) is 44.6 Å². The van der Waals surface area contributed by atoms with Gasteiger partial charge in [-0.3, -0.25) is 10.1 Å². The Hall–Kier alpha value is -1.36. The topological polar surface area (TPSA) is 101 Å². The van der Waals surface area contributed by atoms with E-state index >= 15 is 0 Å². The molecule has 0 aliphatic heterocycles. The van der Waals surface area contributed by atoms with E-state index in [0.717, 1.165) is 22.3 Å². The first kappa shape index (κ1) is 20.9. The third-order valence-corrected chi connectivity index (χ3v) is 6.40. The lowest BCUT2D eigenvalue weighted by Crippen LogP contribution is -2.47. The monoisotopic (exact) mass is 460 g/mol. The van der Waals surface area contributed by atoms with Crippen LogP contribution in [0.4, 0.5) is 5.13 Å². The lowest BCUT2D eigenvalue weighted by atomic mass is 10.1. The summed E-state index contributed by atoms with van der Waals surface area (Å²) in [6.45, 7) is 5.58. The quantitative estimate of drug-likeness (QED) is 0.629. The summed E-state index contributed by atoms with van der Waals surface area (Å²) in [5, 5.41) is 11.8. The Bertz CT molecular complexity index is 851. The molecule has 7 nitrogen and oxygen atoms in total. The minimum absolute atomic E-state index is 0.0975. The standard InChI is InChI=1S/C16H21BrN4O3S2/c1-4-5-13-19-20-16(25-13)18-15(22)14(10(2)3)21-26(23,24)12-8-6-11(17)7-9-12/h6-10,14,21H,4-5H2,1-3H3,(H,18,20,22)/t14-/m0/s1. The van der Waals surface area contributed by atoms with Crippen LogP contribution in [0, 0.1) is 5.92 Å². The van der Waals surface area contributed by atoms with Gasteiger partial charge in [-0.05, 0) is 36.6 Å². The number of hydrogen-bond acceptors (Lipinski definition) is 6. The first-order valence-electron chi connectivity index (χ1n) is 8.14. The molecule has 26 heavy (non-hydrogen) atoms. The summed E-state index contributed by atoms with van der Waals surface area (Å²) in [6.07, 6.45) is 1.72. The molecule has 0 unspecified atom stereocenters. The molecule has 2 N–H and O–H groups in total. The molecule has 0 spiro atoms. The average molecular weight is 461 g/mol. The van der Waals surface area contributed by atoms with Gasteiger partial charge in [-0.15, -0.1) is 10.2 Å². The Kier molecular flexibility index (Phi) is 7.27. The molecule has 1 heterocycles. The molecule has 0 bridgehead atoms. The van der Waals surface area contributed by atoms with Crippen LogP contribution in [0.15, 0.2) is 33.6 Å². The molecular formula is C16H21BrN4O3S2. The number of anilines is 1. The van der Waals surface area contributed by atoms with Gasteiger partial charge in [0.25, 0.3) is 0 Å². The number of sulfonamides is 1. The van der Waals surface area contributed by atoms with Crippen molar-refractivity contribution in [2.75, 3.05) is 5.32 Å². The number of halogens is 1. The predicted molar refractivity (Wildman–Crippen MR) is 106 cm³/mol. The zero-order chi connectivity index (χ0) is 19.3. The second-order valence-electron chi connectivity index (χ2n) is 6.04. The van der Waals surface area contributed by atoms with E-state index in [-0.39, 0.29) is 10.8 Å². The van der Waals surface area contributed by atoms with Gasteiger partial charge in [-0.2, -0.15) is 4.72 Å². The highest BCUT2D eigenvalue weighted by atomic mass is 79.9. The number of nitrogens with zero attached hydrogens (tertiary/aromatic N) is 2. The second-order valence-corrected chi connectivity index (χ2v) is 9.73. The van der Waals surface area contributed by atoms with Gasteiger partial charge >= 0.3 is 0 Å². The number of carbonyl (C=O) groups is 1. The smallest absolute Gasteiger partial charge is 0.244 e. The predicted octanol–water partition coefficient (Wildman–Crippen LogP) is 3.19. The van der Waals surface area contributed by atoms with Crippen LogP contribution in [0.25, 0.3) is 0 Å². The molecule has 0 saturated heterocycles. The number of amides is 1. The fourth-order valence-corrected chi connectivity index (χ4v) is 4.60. The largest absolute Gasteiger partial charge is 0.299 e. The zero-order valence-corrected chi connectivity index (χ0v) is 17.9. The summed E-state index contributed by atoms with van der Waals surface area (Å²) in [5.74, 6) is -0.705. The van der Waals surface area contributed by atoms with Crippen molar-refractivity contribution in [3.8, 4) is 0 Å². The van der Waals surface area contributed by atoms with Crippen LogP contribution < -0.4 is 10.0 Å². The van der Waals surface area contributed by atoms with Gasteiger partial charge in [0.15, 0.2) is 0 Å². The first-order valence-corrected chi connectivity index (χ1v) is 11.2. The minimum atomic E-state index is -3.83. The molecule has 1 atom stereocenters. The van der Waals surface area contributed by atoms with Gasteiger partial charge in [-0.25, -0.2) is 8.42 Å². The van der Waals surface area contributed by atoms with E-state index in [9.17, 15) is 13.2 Å². The Morgan fingerprint density at radius 3 is 2.46 bits per heavy atom. The van der Waals surface area contributed by atoms with Crippen molar-refractivity contribution in [1.29, 1.82) is 0 Å². The maximum Gasteiger partial charge on any atom is 0.244 e. The average Bonchev–Trinajstić information content (AvgIpc) is 3.00. The third-order valence-electron chi connectivity index (χ3n) is 3.52. The summed E-state index contributed by atoms with van der Waals surface area (Å²) in [4.78, 5) is 12.7. The number of carbonyl (C=O) groups excluding carboxylic acids is 1. The highest BCUT2D eigenvalue weighted by Gasteiger charge is 2.29. The fourth-order valence-electron chi connectivity index (χ4n) is 2.14. The van der Waals surface area contributed by atoms with Crippen LogP contribution in [0.3, 0.4) is 0 Å². The van der Waals surface area contributed by atoms with E-state index in [1.54, 1.807) is 26.0 Å². The minimum Gasteiger partial charge on any atom is -0.299 e. The van der Waals surface area contributed by atoms with E-state index < -0.39 is 22.0 Å². The van der Waals surface area contributed by atoms with Crippen LogP contribution in [0.2, 0.25) is 0 Å². The fraction of sp³-hybridized carbons (Fsp3) is 0.438. The van der Waals surface area contributed by atoms with Crippen LogP contribution >= 0.6 is 27.3 Å². The summed E-state index contributed by atoms with van der Waals surface area (Å²) in [6, 6.07) is 5.29. The van der Waals surface area contributed by atoms with E-state index in [2.05, 4.69) is 36.2 Å². The molecule has 1 aromatic heterocycles. The van der Waals surface area contributed by atoms with Crippen LogP contribution in [0.1, 0.15) is 32.2 Å². The lowest BCUT2D eigenvalue weighted by molar-refractivity contribution is -0.118. The molecule has 2 rings (SSSR count). The van der Waals surface area contributed by atoms with Crippen molar-refractivity contribution in [2.24, 2.45) is 5.92 Å². The van der Waals surface area contributed by atoms with Crippen molar-refractivity contribution in [1.82, 2.24) is 14.9 Å². The van der Waals surface area contributed by atoms with E-state index in [1.807, 2.05) is 6.92 Å². The Labute approximate surface area is 165 Å². The second kappa shape index (κ2) is 9.03. The van der Waals surface area contributed by atoms with Gasteiger partial charge in [0, 0.05) is 10.9 Å². The van der Waals surface area contributed by atoms with Crippen LogP contribution in [0.5, 0.6) is 0 Å². The van der Waals surface area contributed by atoms with Gasteiger partial charge in [0.1, 0.15) is 11.0 Å². The molecule has 0 aliphatic carbocycles.